The molecule has 2 N–H and O–H groups in total. The van der Waals surface area contributed by atoms with Crippen molar-refractivity contribution < 1.29 is 19.7 Å². The molecule has 0 radical (unpaired) electrons. The third-order valence-electron chi connectivity index (χ3n) is 5.54. The lowest BCUT2D eigenvalue weighted by atomic mass is 10.2. The van der Waals surface area contributed by atoms with Crippen molar-refractivity contribution in [3.8, 4) is 11.5 Å². The molecule has 8 bridgehead atoms. The van der Waals surface area contributed by atoms with E-state index < -0.39 is 5.97 Å². The van der Waals surface area contributed by atoms with E-state index in [2.05, 4.69) is 20.0 Å². The van der Waals surface area contributed by atoms with Gasteiger partial charge >= 0.3 is 5.97 Å². The number of methoxy groups -OCH3 is 1. The summed E-state index contributed by atoms with van der Waals surface area (Å²) in [5.41, 5.74) is 7.80. The van der Waals surface area contributed by atoms with E-state index in [1.807, 2.05) is 72.9 Å². The molecule has 5 aliphatic rings. The molecule has 0 spiro atoms. The first-order valence-electron chi connectivity index (χ1n) is 11.7. The average molecular weight is 503 g/mol. The van der Waals surface area contributed by atoms with Gasteiger partial charge in [-0.15, -0.1) is 0 Å². The fourth-order valence-electron chi connectivity index (χ4n) is 3.79. The Kier molecular flexibility index (Phi) is 6.86. The molecular weight excluding hydrogens is 480 g/mol. The summed E-state index contributed by atoms with van der Waals surface area (Å²) in [7, 11) is 1.43. The summed E-state index contributed by atoms with van der Waals surface area (Å²) in [5, 5.41) is 17.6. The highest BCUT2D eigenvalue weighted by molar-refractivity contribution is 6.14. The van der Waals surface area contributed by atoms with E-state index in [0.29, 0.717) is 11.3 Å². The minimum absolute atomic E-state index is 0.0278. The summed E-state index contributed by atoms with van der Waals surface area (Å²) >= 11 is 0. The first-order valence-corrected chi connectivity index (χ1v) is 11.7. The number of phenols is 1. The van der Waals surface area contributed by atoms with Crippen LogP contribution in [0.1, 0.15) is 5.56 Å². The molecule has 6 rings (SSSR count). The Morgan fingerprint density at radius 3 is 1.50 bits per heavy atom. The minimum atomic E-state index is -1.02. The Morgan fingerprint density at radius 1 is 0.711 bits per heavy atom. The molecule has 1 aromatic carbocycles. The second-order valence-electron chi connectivity index (χ2n) is 8.36. The Balaban J connectivity index is 0.000000181. The molecule has 0 unspecified atom stereocenters. The number of benzene rings is 1. The Hall–Kier alpha value is -5.37. The number of aliphatic imine (C=N–C) groups is 4. The van der Waals surface area contributed by atoms with Crippen molar-refractivity contribution in [3.05, 3.63) is 126 Å². The summed E-state index contributed by atoms with van der Waals surface area (Å²) in [5.74, 6) is -0.672. The Labute approximate surface area is 218 Å². The number of ether oxygens (including phenoxy) is 1. The van der Waals surface area contributed by atoms with Gasteiger partial charge in [0.05, 0.1) is 52.7 Å². The number of carboxylic acid groups (broad SMARTS) is 1. The van der Waals surface area contributed by atoms with Gasteiger partial charge in [-0.1, -0.05) is 6.07 Å². The monoisotopic (exact) mass is 502 g/mol. The zero-order valence-corrected chi connectivity index (χ0v) is 20.3. The van der Waals surface area contributed by atoms with E-state index in [-0.39, 0.29) is 5.75 Å². The average Bonchev–Trinajstić information content (AvgIpc) is 3.70. The SMILES string of the molecule is C1=CC2=NC1=CC1=NC(=CC3=NC(=CC4=NC(=C2)C=C4)C=C3)C=C1.COc1cc(C=CC(=O)O)ccc1O. The number of aromatic hydroxyl groups is 1. The molecule has 0 saturated carbocycles. The molecule has 8 nitrogen and oxygen atoms in total. The molecule has 0 atom stereocenters. The van der Waals surface area contributed by atoms with E-state index in [9.17, 15) is 9.90 Å². The van der Waals surface area contributed by atoms with Crippen molar-refractivity contribution in [2.75, 3.05) is 7.11 Å². The van der Waals surface area contributed by atoms with Crippen molar-refractivity contribution in [2.24, 2.45) is 20.0 Å². The number of aliphatic carboxylic acids is 1. The summed E-state index contributed by atoms with van der Waals surface area (Å²) in [6.07, 6.45) is 26.2. The van der Waals surface area contributed by atoms with Gasteiger partial charge in [0.2, 0.25) is 0 Å². The highest BCUT2D eigenvalue weighted by atomic mass is 16.5. The molecular formula is C30H22N4O4. The van der Waals surface area contributed by atoms with Crippen LogP contribution in [0.5, 0.6) is 11.5 Å². The third kappa shape index (κ3) is 6.06. The minimum Gasteiger partial charge on any atom is -0.504 e. The summed E-state index contributed by atoms with van der Waals surface area (Å²) in [6.45, 7) is 0. The number of rotatable bonds is 3. The molecule has 0 amide bonds. The number of hydrogen-bond donors (Lipinski definition) is 2. The largest absolute Gasteiger partial charge is 0.504 e. The second-order valence-corrected chi connectivity index (χ2v) is 8.36. The molecule has 1 aromatic rings. The molecule has 0 fully saturated rings. The fraction of sp³-hybridized carbons (Fsp3) is 0.0333. The van der Waals surface area contributed by atoms with E-state index in [0.717, 1.165) is 51.7 Å². The van der Waals surface area contributed by atoms with Crippen LogP contribution in [0.4, 0.5) is 0 Å². The number of phenolic OH excluding ortho intramolecular Hbond substituents is 1. The van der Waals surface area contributed by atoms with Crippen LogP contribution < -0.4 is 4.74 Å². The molecule has 186 valence electrons. The maximum atomic E-state index is 10.2. The summed E-state index contributed by atoms with van der Waals surface area (Å²) in [6, 6.07) is 4.59. The van der Waals surface area contributed by atoms with E-state index in [1.165, 1.54) is 19.3 Å². The maximum absolute atomic E-state index is 10.2. The zero-order chi connectivity index (χ0) is 26.5. The van der Waals surface area contributed by atoms with Crippen LogP contribution in [-0.4, -0.2) is 46.1 Å². The first kappa shape index (κ1) is 24.3. The van der Waals surface area contributed by atoms with Crippen molar-refractivity contribution >= 4 is 34.9 Å². The van der Waals surface area contributed by atoms with Crippen LogP contribution in [0.15, 0.2) is 140 Å². The zero-order valence-electron chi connectivity index (χ0n) is 20.3. The van der Waals surface area contributed by atoms with Gasteiger partial charge in [0.1, 0.15) is 0 Å². The number of carboxylic acids is 1. The predicted molar refractivity (Wildman–Crippen MR) is 150 cm³/mol. The van der Waals surface area contributed by atoms with Crippen LogP contribution in [0.2, 0.25) is 0 Å². The topological polar surface area (TPSA) is 116 Å². The Morgan fingerprint density at radius 2 is 1.13 bits per heavy atom. The molecule has 5 aliphatic heterocycles. The predicted octanol–water partition coefficient (Wildman–Crippen LogP) is 5.08. The lowest BCUT2D eigenvalue weighted by Gasteiger charge is -2.03. The normalized spacial score (nSPS) is 18.1. The molecule has 38 heavy (non-hydrogen) atoms. The first-order chi connectivity index (χ1) is 18.4. The molecule has 8 heteroatoms. The summed E-state index contributed by atoms with van der Waals surface area (Å²) < 4.78 is 4.86. The number of hydrogen-bond acceptors (Lipinski definition) is 7. The highest BCUT2D eigenvalue weighted by Gasteiger charge is 2.11. The molecule has 5 heterocycles. The van der Waals surface area contributed by atoms with Gasteiger partial charge in [0.25, 0.3) is 0 Å². The van der Waals surface area contributed by atoms with Crippen molar-refractivity contribution in [1.29, 1.82) is 0 Å². The number of fused-ring (bicyclic) bond motifs is 4. The van der Waals surface area contributed by atoms with Crippen LogP contribution in [-0.2, 0) is 4.79 Å². The lowest BCUT2D eigenvalue weighted by molar-refractivity contribution is -0.131. The lowest BCUT2D eigenvalue weighted by Crippen LogP contribution is -1.89. The highest BCUT2D eigenvalue weighted by Crippen LogP contribution is 2.26. The third-order valence-corrected chi connectivity index (χ3v) is 5.54. The standard InChI is InChI=1S/C20H12N4.C10H10O4/c1-2-14-10-16-5-6-18(23-16)12-20-8-7-19(24-20)11-17-4-3-15(22-17)9-13(1)21-14;1-14-9-6-7(2-4-8(9)11)3-5-10(12)13/h1-12H;2-6,11H,1H3,(H,12,13). The molecule has 0 saturated heterocycles. The van der Waals surface area contributed by atoms with Gasteiger partial charge in [-0.2, -0.15) is 0 Å². The number of allylic oxidation sites excluding steroid dienone is 12. The van der Waals surface area contributed by atoms with Crippen molar-refractivity contribution in [1.82, 2.24) is 0 Å². The van der Waals surface area contributed by atoms with Gasteiger partial charge in [0, 0.05) is 6.08 Å². The smallest absolute Gasteiger partial charge is 0.328 e. The number of nitrogens with zero attached hydrogens (tertiary/aromatic N) is 4. The second kappa shape index (κ2) is 10.7. The van der Waals surface area contributed by atoms with Crippen molar-refractivity contribution in [3.63, 3.8) is 0 Å². The summed E-state index contributed by atoms with van der Waals surface area (Å²) in [4.78, 5) is 28.6. The van der Waals surface area contributed by atoms with Gasteiger partial charge in [-0.25, -0.2) is 24.8 Å². The molecule has 0 aliphatic carbocycles. The fourth-order valence-corrected chi connectivity index (χ4v) is 3.79. The van der Waals surface area contributed by atoms with Gasteiger partial charge in [-0.05, 0) is 96.7 Å². The van der Waals surface area contributed by atoms with Gasteiger partial charge in [-0.3, -0.25) is 0 Å². The van der Waals surface area contributed by atoms with E-state index in [1.54, 1.807) is 12.1 Å². The van der Waals surface area contributed by atoms with Crippen LogP contribution in [0.3, 0.4) is 0 Å². The van der Waals surface area contributed by atoms with Gasteiger partial charge < -0.3 is 14.9 Å². The maximum Gasteiger partial charge on any atom is 0.328 e. The van der Waals surface area contributed by atoms with Crippen LogP contribution >= 0.6 is 0 Å². The van der Waals surface area contributed by atoms with Crippen molar-refractivity contribution in [2.45, 2.75) is 0 Å². The van der Waals surface area contributed by atoms with E-state index in [4.69, 9.17) is 9.84 Å². The van der Waals surface area contributed by atoms with Crippen LogP contribution in [0.25, 0.3) is 6.08 Å². The van der Waals surface area contributed by atoms with E-state index >= 15 is 0 Å². The number of carbonyl (C=O) groups is 1. The van der Waals surface area contributed by atoms with Crippen LogP contribution in [0, 0.1) is 0 Å². The quantitative estimate of drug-likeness (QED) is 0.561. The van der Waals surface area contributed by atoms with Gasteiger partial charge in [0.15, 0.2) is 11.5 Å². The molecule has 0 aromatic heterocycles. The Bertz CT molecular complexity index is 1430.